The Bertz CT molecular complexity index is 1540. The van der Waals surface area contributed by atoms with E-state index in [0.29, 0.717) is 38.5 Å². The summed E-state index contributed by atoms with van der Waals surface area (Å²) in [5.74, 6) is -0.451. The number of aromatic nitrogens is 6. The number of fused-ring (bicyclic) bond motifs is 12. The van der Waals surface area contributed by atoms with E-state index in [1.807, 2.05) is 0 Å². The number of nitrogens with one attached hydrogen (secondary N) is 1. The predicted octanol–water partition coefficient (Wildman–Crippen LogP) is -4.68. The number of hydrogen-bond acceptors (Lipinski definition) is 10. The molecule has 0 spiro atoms. The van der Waals surface area contributed by atoms with Crippen LogP contribution in [0, 0.1) is 0 Å². The van der Waals surface area contributed by atoms with Gasteiger partial charge in [0.1, 0.15) is 12.3 Å². The lowest BCUT2D eigenvalue weighted by molar-refractivity contribution is -0.127. The first kappa shape index (κ1) is 32.9. The zero-order valence-electron chi connectivity index (χ0n) is 25.0. The van der Waals surface area contributed by atoms with Gasteiger partial charge >= 0.3 is 34.1 Å². The molecular weight excluding hydrogens is 579 g/mol. The molecule has 0 atom stereocenters. The van der Waals surface area contributed by atoms with Gasteiger partial charge < -0.3 is 14.8 Å². The molecule has 0 saturated carbocycles. The molecular formula is C26H39BN8O9. The number of amides is 1. The van der Waals surface area contributed by atoms with E-state index in [9.17, 15) is 38.4 Å². The highest BCUT2D eigenvalue weighted by atomic mass is 16.5. The fourth-order valence-electron chi connectivity index (χ4n) is 5.46. The van der Waals surface area contributed by atoms with Crippen molar-refractivity contribution in [3.05, 3.63) is 62.9 Å². The van der Waals surface area contributed by atoms with Crippen molar-refractivity contribution in [2.75, 3.05) is 39.4 Å². The summed E-state index contributed by atoms with van der Waals surface area (Å²) < 4.78 is 11.4. The number of hydrogen-bond donors (Lipinski definition) is 1. The van der Waals surface area contributed by atoms with Crippen molar-refractivity contribution in [2.24, 2.45) is 0 Å². The molecule has 3 aliphatic rings. The molecule has 0 aliphatic carbocycles. The van der Waals surface area contributed by atoms with Gasteiger partial charge in [0.15, 0.2) is 7.85 Å². The molecule has 0 unspecified atom stereocenters. The summed E-state index contributed by atoms with van der Waals surface area (Å²) in [7, 11) is 1.34. The van der Waals surface area contributed by atoms with E-state index in [0.717, 1.165) is 27.4 Å². The molecule has 5 rings (SSSR count). The van der Waals surface area contributed by atoms with E-state index in [1.165, 1.54) is 7.85 Å². The lowest BCUT2D eigenvalue weighted by Gasteiger charge is -2.24. The van der Waals surface area contributed by atoms with Gasteiger partial charge in [-0.2, -0.15) is 0 Å². The van der Waals surface area contributed by atoms with Gasteiger partial charge in [-0.15, -0.1) is 0 Å². The summed E-state index contributed by atoms with van der Waals surface area (Å²) in [6.45, 7) is 0.182. The molecule has 240 valence electrons. The Morgan fingerprint density at radius 1 is 0.545 bits per heavy atom. The normalized spacial score (nSPS) is 16.5. The maximum Gasteiger partial charge on any atom is 0.336 e. The van der Waals surface area contributed by atoms with Crippen molar-refractivity contribution >= 4 is 19.4 Å². The molecule has 0 saturated heterocycles. The van der Waals surface area contributed by atoms with Crippen LogP contribution in [-0.2, 0) is 53.6 Å². The van der Waals surface area contributed by atoms with Gasteiger partial charge in [0.05, 0.1) is 6.61 Å². The van der Waals surface area contributed by atoms with E-state index < -0.39 is 40.0 Å². The van der Waals surface area contributed by atoms with Crippen molar-refractivity contribution in [1.29, 1.82) is 0 Å². The van der Waals surface area contributed by atoms with Crippen molar-refractivity contribution in [3.8, 4) is 0 Å². The van der Waals surface area contributed by atoms with Crippen LogP contribution in [0.25, 0.3) is 0 Å². The molecule has 44 heavy (non-hydrogen) atoms. The summed E-state index contributed by atoms with van der Waals surface area (Å²) in [4.78, 5) is 105. The Balaban J connectivity index is 1.72. The van der Waals surface area contributed by atoms with Gasteiger partial charge in [-0.25, -0.2) is 56.2 Å². The van der Waals surface area contributed by atoms with Crippen LogP contribution in [0.4, 0.5) is 0 Å². The third kappa shape index (κ3) is 7.71. The Labute approximate surface area is 251 Å². The van der Waals surface area contributed by atoms with E-state index >= 15 is 0 Å². The average Bonchev–Trinajstić information content (AvgIpc) is 2.97. The Hall–Kier alpha value is -4.06. The van der Waals surface area contributed by atoms with Crippen molar-refractivity contribution in [1.82, 2.24) is 37.6 Å². The molecule has 1 N–H and O–H groups in total. The van der Waals surface area contributed by atoms with Gasteiger partial charge in [0.2, 0.25) is 5.91 Å². The predicted molar refractivity (Wildman–Crippen MR) is 160 cm³/mol. The third-order valence-electron chi connectivity index (χ3n) is 7.87. The van der Waals surface area contributed by atoms with Crippen LogP contribution < -0.4 is 39.5 Å². The first-order chi connectivity index (χ1) is 21.1. The van der Waals surface area contributed by atoms with E-state index in [2.05, 4.69) is 5.32 Å². The molecule has 18 heteroatoms. The molecule has 0 radical (unpaired) electrons. The topological polar surface area (TPSA) is 191 Å². The Morgan fingerprint density at radius 2 is 0.909 bits per heavy atom. The first-order valence-corrected chi connectivity index (χ1v) is 15.1. The van der Waals surface area contributed by atoms with Crippen LogP contribution in [0.1, 0.15) is 38.5 Å². The minimum atomic E-state index is -0.708. The summed E-state index contributed by atoms with van der Waals surface area (Å²) in [5, 5.41) is 2.67. The smallest absolute Gasteiger partial charge is 0.336 e. The molecule has 5 heterocycles. The summed E-state index contributed by atoms with van der Waals surface area (Å²) >= 11 is 0. The number of rotatable bonds is 7. The fraction of sp³-hybridized carbons (Fsp3) is 0.692. The van der Waals surface area contributed by atoms with Crippen LogP contribution in [0.3, 0.4) is 0 Å². The maximum absolute atomic E-state index is 13.4. The Morgan fingerprint density at radius 3 is 1.27 bits per heavy atom. The fourth-order valence-corrected chi connectivity index (χ4v) is 5.46. The van der Waals surface area contributed by atoms with E-state index in [4.69, 9.17) is 4.74 Å². The average molecular weight is 618 g/mol. The molecule has 3 aliphatic heterocycles. The number of carbonyl (C=O) groups excluding carboxylic acids is 2. The number of carbonyl (C=O) groups is 2. The van der Waals surface area contributed by atoms with Crippen LogP contribution >= 0.6 is 0 Å². The molecule has 2 aromatic heterocycles. The van der Waals surface area contributed by atoms with E-state index in [1.54, 1.807) is 4.90 Å². The number of ether oxygens (including phenoxy) is 1. The van der Waals surface area contributed by atoms with Crippen molar-refractivity contribution < 1.29 is 14.3 Å². The zero-order valence-corrected chi connectivity index (χ0v) is 25.0. The van der Waals surface area contributed by atoms with Gasteiger partial charge in [-0.1, -0.05) is 0 Å². The minimum Gasteiger partial charge on any atom is -0.365 e. The summed E-state index contributed by atoms with van der Waals surface area (Å²) in [6, 6.07) is 0. The molecule has 0 fully saturated rings. The van der Waals surface area contributed by atoms with Gasteiger partial charge in [0, 0.05) is 65.4 Å². The number of nitrogens with zero attached hydrogens (tertiary/aromatic N) is 7. The highest BCUT2D eigenvalue weighted by molar-refractivity contribution is 6.58. The van der Waals surface area contributed by atoms with Crippen LogP contribution in [0.15, 0.2) is 28.8 Å². The van der Waals surface area contributed by atoms with Crippen LogP contribution in [-0.4, -0.2) is 91.1 Å². The molecule has 0 aromatic carbocycles. The van der Waals surface area contributed by atoms with Gasteiger partial charge in [-0.3, -0.25) is 9.69 Å². The van der Waals surface area contributed by atoms with Crippen LogP contribution in [0.2, 0.25) is 0 Å². The quantitative estimate of drug-likeness (QED) is 0.295. The Kier molecular flexibility index (Phi) is 11.3. The second-order valence-corrected chi connectivity index (χ2v) is 11.1. The second-order valence-electron chi connectivity index (χ2n) is 11.1. The van der Waals surface area contributed by atoms with E-state index in [-0.39, 0.29) is 84.3 Å². The van der Waals surface area contributed by atoms with Crippen molar-refractivity contribution in [3.63, 3.8) is 0 Å². The van der Waals surface area contributed by atoms with Gasteiger partial charge in [0.25, 0.3) is 0 Å². The lowest BCUT2D eigenvalue weighted by Crippen LogP contribution is -2.56. The lowest BCUT2D eigenvalue weighted by atomic mass is 10.1. The zero-order chi connectivity index (χ0) is 31.8. The highest BCUT2D eigenvalue weighted by Gasteiger charge is 2.20. The molecule has 6 bridgehead atoms. The molecule has 17 nitrogen and oxygen atoms in total. The summed E-state index contributed by atoms with van der Waals surface area (Å²) in [5.41, 5.74) is -4.39. The molecule has 2 aromatic rings. The highest BCUT2D eigenvalue weighted by Crippen LogP contribution is 2.02. The van der Waals surface area contributed by atoms with Crippen LogP contribution in [0.5, 0.6) is 0 Å². The standard InChI is InChI=1S/C26H39BN8O9/c27-19(36)17-44-18-20(37)28-7-12-29-13-15-34-23(40)30-8-3-1-4-9-31-22(39)33(26(43)35(16-14-29)24(31)41)11-6-2-5-10-32(21(30)38)25(34)42/h1-18,27H2,(H,28,37). The van der Waals surface area contributed by atoms with Gasteiger partial charge in [-0.05, 0) is 38.5 Å². The molecule has 1 amide bonds. The monoisotopic (exact) mass is 618 g/mol. The maximum atomic E-state index is 13.4. The minimum absolute atomic E-state index is 0.0675. The largest absolute Gasteiger partial charge is 0.365 e. The third-order valence-corrected chi connectivity index (χ3v) is 7.87. The SMILES string of the molecule is BC(=O)COCC(=O)NCCN1CCn2c(=O)n3c(=O)n(c2=O)CCCCCn2c(=O)n(c(=O)n(c2=O)CC1)CCCCC3. The van der Waals surface area contributed by atoms with Crippen molar-refractivity contribution in [2.45, 2.75) is 77.8 Å². The first-order valence-electron chi connectivity index (χ1n) is 15.1. The second kappa shape index (κ2) is 15.1. The summed E-state index contributed by atoms with van der Waals surface area (Å²) in [6.07, 6.45) is 2.59.